The lowest BCUT2D eigenvalue weighted by Crippen LogP contribution is -2.33. The average molecular weight is 439 g/mol. The predicted octanol–water partition coefficient (Wildman–Crippen LogP) is 4.08. The number of aryl methyl sites for hydroxylation is 1. The van der Waals surface area contributed by atoms with Crippen LogP contribution in [0.4, 0.5) is 24.5 Å². The first-order valence-electron chi connectivity index (χ1n) is 9.20. The lowest BCUT2D eigenvalue weighted by Gasteiger charge is -2.15. The summed E-state index contributed by atoms with van der Waals surface area (Å²) in [6.45, 7) is 2.99. The number of nitrogens with zero attached hydrogens (tertiary/aromatic N) is 1. The molecule has 31 heavy (non-hydrogen) atoms. The zero-order valence-electron chi connectivity index (χ0n) is 16.7. The lowest BCUT2D eigenvalue weighted by atomic mass is 10.1. The molecule has 2 rings (SSSR count). The van der Waals surface area contributed by atoms with Gasteiger partial charge in [-0.3, -0.25) is 19.7 Å². The minimum atomic E-state index is -4.61. The first-order chi connectivity index (χ1) is 14.5. The predicted molar refractivity (Wildman–Crippen MR) is 106 cm³/mol. The van der Waals surface area contributed by atoms with E-state index in [0.717, 1.165) is 18.2 Å². The van der Waals surface area contributed by atoms with E-state index >= 15 is 0 Å². The number of benzene rings is 2. The zero-order chi connectivity index (χ0) is 23.2. The number of nitro groups is 1. The van der Waals surface area contributed by atoms with Crippen molar-refractivity contribution >= 4 is 23.2 Å². The van der Waals surface area contributed by atoms with Gasteiger partial charge in [-0.2, -0.15) is 13.2 Å². The number of carbonyl (C=O) groups excluding carboxylic acids is 2. The summed E-state index contributed by atoms with van der Waals surface area (Å²) < 4.78 is 44.3. The van der Waals surface area contributed by atoms with E-state index in [1.165, 1.54) is 25.1 Å². The fraction of sp³-hybridized carbons (Fsp3) is 0.300. The van der Waals surface area contributed by atoms with Gasteiger partial charge < -0.3 is 15.4 Å². The van der Waals surface area contributed by atoms with Crippen molar-refractivity contribution in [2.45, 2.75) is 26.4 Å². The summed E-state index contributed by atoms with van der Waals surface area (Å²) in [5, 5.41) is 15.5. The van der Waals surface area contributed by atoms with E-state index in [1.807, 2.05) is 6.92 Å². The maximum absolute atomic E-state index is 13.0. The number of anilines is 1. The second-order valence-corrected chi connectivity index (χ2v) is 6.55. The number of halogens is 3. The van der Waals surface area contributed by atoms with Crippen LogP contribution in [-0.2, 0) is 11.0 Å². The van der Waals surface area contributed by atoms with Crippen molar-refractivity contribution in [1.29, 1.82) is 0 Å². The van der Waals surface area contributed by atoms with Crippen molar-refractivity contribution in [2.24, 2.45) is 0 Å². The fourth-order valence-corrected chi connectivity index (χ4v) is 2.60. The third-order valence-electron chi connectivity index (χ3n) is 4.11. The van der Waals surface area contributed by atoms with Crippen molar-refractivity contribution < 1.29 is 32.4 Å². The summed E-state index contributed by atoms with van der Waals surface area (Å²) in [5.74, 6) is -1.37. The molecule has 8 nitrogen and oxygen atoms in total. The van der Waals surface area contributed by atoms with E-state index in [2.05, 4.69) is 10.6 Å². The Bertz CT molecular complexity index is 993. The molecule has 0 saturated heterocycles. The van der Waals surface area contributed by atoms with Crippen LogP contribution < -0.4 is 15.4 Å². The molecule has 2 aromatic carbocycles. The van der Waals surface area contributed by atoms with Crippen LogP contribution in [0.15, 0.2) is 36.4 Å². The van der Waals surface area contributed by atoms with Crippen molar-refractivity contribution in [1.82, 2.24) is 5.32 Å². The summed E-state index contributed by atoms with van der Waals surface area (Å²) >= 11 is 0. The van der Waals surface area contributed by atoms with Crippen LogP contribution in [0.25, 0.3) is 0 Å². The van der Waals surface area contributed by atoms with Crippen LogP contribution in [-0.4, -0.2) is 29.9 Å². The van der Waals surface area contributed by atoms with E-state index < -0.39 is 35.0 Å². The van der Waals surface area contributed by atoms with Gasteiger partial charge in [0.25, 0.3) is 11.6 Å². The SMILES string of the molecule is CCCOc1ccc(C(F)(F)F)cc1NC(=O)CNC(=O)c1ccc([N+](=O)[O-])c(C)c1. The molecule has 2 aromatic rings. The van der Waals surface area contributed by atoms with Gasteiger partial charge in [0.05, 0.1) is 29.3 Å². The number of amides is 2. The molecule has 0 aromatic heterocycles. The normalized spacial score (nSPS) is 11.0. The molecule has 0 heterocycles. The molecular weight excluding hydrogens is 419 g/mol. The highest BCUT2D eigenvalue weighted by atomic mass is 19.4. The van der Waals surface area contributed by atoms with E-state index in [0.29, 0.717) is 6.42 Å². The molecule has 2 N–H and O–H groups in total. The average Bonchev–Trinajstić information content (AvgIpc) is 2.69. The monoisotopic (exact) mass is 439 g/mol. The van der Waals surface area contributed by atoms with E-state index in [4.69, 9.17) is 4.74 Å². The molecule has 0 saturated carbocycles. The molecule has 0 aliphatic heterocycles. The molecule has 2 amide bonds. The molecule has 0 unspecified atom stereocenters. The van der Waals surface area contributed by atoms with Gasteiger partial charge in [-0.25, -0.2) is 0 Å². The van der Waals surface area contributed by atoms with Crippen molar-refractivity contribution in [3.63, 3.8) is 0 Å². The third-order valence-corrected chi connectivity index (χ3v) is 4.11. The number of hydrogen-bond acceptors (Lipinski definition) is 5. The Morgan fingerprint density at radius 1 is 1.16 bits per heavy atom. The van der Waals surface area contributed by atoms with Crippen molar-refractivity contribution in [2.75, 3.05) is 18.5 Å². The first-order valence-corrected chi connectivity index (χ1v) is 9.20. The maximum atomic E-state index is 13.0. The van der Waals surface area contributed by atoms with Crippen LogP contribution in [0.2, 0.25) is 0 Å². The second kappa shape index (κ2) is 9.92. The molecule has 0 aliphatic carbocycles. The molecule has 0 fully saturated rings. The molecular formula is C20H20F3N3O5. The number of ether oxygens (including phenoxy) is 1. The number of rotatable bonds is 8. The molecule has 0 radical (unpaired) electrons. The van der Waals surface area contributed by atoms with Crippen LogP contribution in [0.3, 0.4) is 0 Å². The first kappa shape index (κ1) is 23.6. The molecule has 0 spiro atoms. The Labute approximate surface area is 175 Å². The molecule has 11 heteroatoms. The quantitative estimate of drug-likeness (QED) is 0.476. The van der Waals surface area contributed by atoms with Gasteiger partial charge in [-0.15, -0.1) is 0 Å². The van der Waals surface area contributed by atoms with Gasteiger partial charge in [-0.1, -0.05) is 6.92 Å². The number of hydrogen-bond donors (Lipinski definition) is 2. The number of alkyl halides is 3. The van der Waals surface area contributed by atoms with E-state index in [9.17, 15) is 32.9 Å². The molecule has 0 atom stereocenters. The van der Waals surface area contributed by atoms with E-state index in [-0.39, 0.29) is 34.9 Å². The van der Waals surface area contributed by atoms with Crippen LogP contribution >= 0.6 is 0 Å². The van der Waals surface area contributed by atoms with Crippen molar-refractivity contribution in [3.05, 3.63) is 63.2 Å². The van der Waals surface area contributed by atoms with Crippen LogP contribution in [0, 0.1) is 17.0 Å². The highest BCUT2D eigenvalue weighted by molar-refractivity contribution is 6.00. The Kier molecular flexibility index (Phi) is 7.56. The Morgan fingerprint density at radius 2 is 1.87 bits per heavy atom. The summed E-state index contributed by atoms with van der Waals surface area (Å²) in [7, 11) is 0. The van der Waals surface area contributed by atoms with Gasteiger partial charge in [0.1, 0.15) is 5.75 Å². The van der Waals surface area contributed by atoms with Gasteiger partial charge in [-0.05, 0) is 43.7 Å². The second-order valence-electron chi connectivity index (χ2n) is 6.55. The summed E-state index contributed by atoms with van der Waals surface area (Å²) in [5.41, 5.74) is -0.921. The van der Waals surface area contributed by atoms with Crippen LogP contribution in [0.5, 0.6) is 5.75 Å². The summed E-state index contributed by atoms with van der Waals surface area (Å²) in [4.78, 5) is 34.6. The molecule has 166 valence electrons. The van der Waals surface area contributed by atoms with E-state index in [1.54, 1.807) is 0 Å². The smallest absolute Gasteiger partial charge is 0.416 e. The highest BCUT2D eigenvalue weighted by Crippen LogP contribution is 2.35. The standard InChI is InChI=1S/C20H20F3N3O5/c1-3-8-31-17-7-5-14(20(21,22)23)10-15(17)25-18(27)11-24-19(28)13-4-6-16(26(29)30)12(2)9-13/h4-7,9-10H,3,8,11H2,1-2H3,(H,24,28)(H,25,27). The van der Waals surface area contributed by atoms with Gasteiger partial charge in [0.2, 0.25) is 5.91 Å². The lowest BCUT2D eigenvalue weighted by molar-refractivity contribution is -0.385. The van der Waals surface area contributed by atoms with Gasteiger partial charge >= 0.3 is 6.18 Å². The molecule has 0 bridgehead atoms. The maximum Gasteiger partial charge on any atom is 0.416 e. The Morgan fingerprint density at radius 3 is 2.45 bits per heavy atom. The number of nitro benzene ring substituents is 1. The van der Waals surface area contributed by atoms with Gasteiger partial charge in [0, 0.05) is 17.2 Å². The summed E-state index contributed by atoms with van der Waals surface area (Å²) in [6, 6.07) is 6.43. The topological polar surface area (TPSA) is 111 Å². The zero-order valence-corrected chi connectivity index (χ0v) is 16.7. The number of carbonyl (C=O) groups is 2. The Hall–Kier alpha value is -3.63. The fourth-order valence-electron chi connectivity index (χ4n) is 2.60. The van der Waals surface area contributed by atoms with Crippen LogP contribution in [0.1, 0.15) is 34.8 Å². The highest BCUT2D eigenvalue weighted by Gasteiger charge is 2.31. The molecule has 0 aliphatic rings. The minimum Gasteiger partial charge on any atom is -0.491 e. The number of nitrogens with one attached hydrogen (secondary N) is 2. The largest absolute Gasteiger partial charge is 0.491 e. The van der Waals surface area contributed by atoms with Crippen molar-refractivity contribution in [3.8, 4) is 5.75 Å². The summed E-state index contributed by atoms with van der Waals surface area (Å²) in [6.07, 6.45) is -4.00. The van der Waals surface area contributed by atoms with Gasteiger partial charge in [0.15, 0.2) is 0 Å². The minimum absolute atomic E-state index is 0.0699. The Balaban J connectivity index is 2.08. The third kappa shape index (κ3) is 6.43.